The van der Waals surface area contributed by atoms with Crippen molar-refractivity contribution in [2.45, 2.75) is 25.6 Å². The summed E-state index contributed by atoms with van der Waals surface area (Å²) in [6.45, 7) is 0.257. The van der Waals surface area contributed by atoms with Crippen LogP contribution in [0.15, 0.2) is 42.9 Å². The number of ether oxygens (including phenoxy) is 1. The van der Waals surface area contributed by atoms with Gasteiger partial charge in [0.05, 0.1) is 12.1 Å². The monoisotopic (exact) mass is 394 g/mol. The van der Waals surface area contributed by atoms with E-state index in [9.17, 15) is 18.0 Å². The number of hydrogen-bond acceptors (Lipinski definition) is 5. The van der Waals surface area contributed by atoms with Crippen LogP contribution in [-0.2, 0) is 11.3 Å². The van der Waals surface area contributed by atoms with Crippen LogP contribution in [0.1, 0.15) is 18.4 Å². The molecule has 1 unspecified atom stereocenters. The first-order valence-electron chi connectivity index (χ1n) is 8.98. The van der Waals surface area contributed by atoms with Crippen LogP contribution in [0.4, 0.5) is 19.0 Å². The number of carbonyl (C=O) groups is 1. The smallest absolute Gasteiger partial charge is 0.422 e. The molecule has 1 saturated heterocycles. The SMILES string of the molecule is O=C(NCc1cccc(OCC(F)(F)F)c1)C1CCCN(c2cnccn2)C1. The number of benzene rings is 1. The Morgan fingerprint density at radius 1 is 1.32 bits per heavy atom. The second-order valence-corrected chi connectivity index (χ2v) is 6.62. The molecular formula is C19H21F3N4O2. The number of halogens is 3. The number of nitrogens with one attached hydrogen (secondary N) is 1. The molecule has 2 heterocycles. The second-order valence-electron chi connectivity index (χ2n) is 6.62. The van der Waals surface area contributed by atoms with Gasteiger partial charge in [0, 0.05) is 32.0 Å². The van der Waals surface area contributed by atoms with E-state index in [2.05, 4.69) is 15.3 Å². The molecule has 1 N–H and O–H groups in total. The zero-order chi connectivity index (χ0) is 20.0. The van der Waals surface area contributed by atoms with Crippen molar-refractivity contribution in [3.63, 3.8) is 0 Å². The Balaban J connectivity index is 1.52. The molecule has 0 saturated carbocycles. The Kier molecular flexibility index (Phi) is 6.33. The van der Waals surface area contributed by atoms with E-state index < -0.39 is 12.8 Å². The normalized spacial score (nSPS) is 17.2. The van der Waals surface area contributed by atoms with E-state index in [0.29, 0.717) is 12.1 Å². The molecule has 9 heteroatoms. The van der Waals surface area contributed by atoms with Crippen LogP contribution in [0, 0.1) is 5.92 Å². The lowest BCUT2D eigenvalue weighted by molar-refractivity contribution is -0.153. The average molecular weight is 394 g/mol. The Morgan fingerprint density at radius 2 is 2.18 bits per heavy atom. The van der Waals surface area contributed by atoms with E-state index in [1.807, 2.05) is 4.90 Å². The summed E-state index contributed by atoms with van der Waals surface area (Å²) < 4.78 is 41.5. The first kappa shape index (κ1) is 19.9. The predicted octanol–water partition coefficient (Wildman–Crippen LogP) is 2.95. The van der Waals surface area contributed by atoms with Gasteiger partial charge in [-0.1, -0.05) is 12.1 Å². The van der Waals surface area contributed by atoms with E-state index in [1.165, 1.54) is 12.1 Å². The molecular weight excluding hydrogens is 373 g/mol. The van der Waals surface area contributed by atoms with Crippen LogP contribution in [0.3, 0.4) is 0 Å². The van der Waals surface area contributed by atoms with Gasteiger partial charge in [-0.15, -0.1) is 0 Å². The standard InChI is InChI=1S/C19H21F3N4O2/c20-19(21,22)13-28-16-5-1-3-14(9-16)10-25-18(27)15-4-2-8-26(12-15)17-11-23-6-7-24-17/h1,3,5-7,9,11,15H,2,4,8,10,12-13H2,(H,25,27). The zero-order valence-corrected chi connectivity index (χ0v) is 15.2. The van der Waals surface area contributed by atoms with Crippen molar-refractivity contribution < 1.29 is 22.7 Å². The van der Waals surface area contributed by atoms with Crippen molar-refractivity contribution >= 4 is 11.7 Å². The quantitative estimate of drug-likeness (QED) is 0.816. The molecule has 0 bridgehead atoms. The number of anilines is 1. The van der Waals surface area contributed by atoms with Crippen molar-refractivity contribution in [2.75, 3.05) is 24.6 Å². The van der Waals surface area contributed by atoms with Gasteiger partial charge in [0.25, 0.3) is 0 Å². The minimum atomic E-state index is -4.39. The van der Waals surface area contributed by atoms with Gasteiger partial charge in [0.1, 0.15) is 11.6 Å². The Labute approximate surface area is 160 Å². The Hall–Kier alpha value is -2.84. The molecule has 1 aliphatic rings. The third kappa shape index (κ3) is 5.83. The van der Waals surface area contributed by atoms with Crippen LogP contribution in [0.25, 0.3) is 0 Å². The number of carbonyl (C=O) groups excluding carboxylic acids is 1. The van der Waals surface area contributed by atoms with Gasteiger partial charge >= 0.3 is 6.18 Å². The summed E-state index contributed by atoms with van der Waals surface area (Å²) in [7, 11) is 0. The zero-order valence-electron chi connectivity index (χ0n) is 15.2. The third-order valence-electron chi connectivity index (χ3n) is 4.43. The first-order chi connectivity index (χ1) is 13.4. The van der Waals surface area contributed by atoms with Crippen LogP contribution >= 0.6 is 0 Å². The summed E-state index contributed by atoms with van der Waals surface area (Å²) in [5.41, 5.74) is 0.676. The van der Waals surface area contributed by atoms with E-state index in [1.54, 1.807) is 30.7 Å². The highest BCUT2D eigenvalue weighted by atomic mass is 19.4. The lowest BCUT2D eigenvalue weighted by Crippen LogP contribution is -2.43. The number of alkyl halides is 3. The molecule has 0 aliphatic carbocycles. The maximum absolute atomic E-state index is 12.5. The lowest BCUT2D eigenvalue weighted by atomic mass is 9.97. The van der Waals surface area contributed by atoms with Gasteiger partial charge in [-0.2, -0.15) is 13.2 Å². The summed E-state index contributed by atoms with van der Waals surface area (Å²) in [6, 6.07) is 6.28. The number of piperidine rings is 1. The summed E-state index contributed by atoms with van der Waals surface area (Å²) in [5.74, 6) is 0.598. The highest BCUT2D eigenvalue weighted by Crippen LogP contribution is 2.22. The highest BCUT2D eigenvalue weighted by Gasteiger charge is 2.28. The summed E-state index contributed by atoms with van der Waals surface area (Å²) in [6.07, 6.45) is 2.15. The van der Waals surface area contributed by atoms with Crippen LogP contribution in [0.5, 0.6) is 5.75 Å². The first-order valence-corrected chi connectivity index (χ1v) is 8.98. The summed E-state index contributed by atoms with van der Waals surface area (Å²) in [4.78, 5) is 22.9. The van der Waals surface area contributed by atoms with Gasteiger partial charge in [-0.25, -0.2) is 4.98 Å². The molecule has 3 rings (SSSR count). The van der Waals surface area contributed by atoms with Gasteiger partial charge in [0.2, 0.25) is 5.91 Å². The van der Waals surface area contributed by atoms with Crippen LogP contribution < -0.4 is 15.0 Å². The predicted molar refractivity (Wildman–Crippen MR) is 96.8 cm³/mol. The molecule has 6 nitrogen and oxygen atoms in total. The fraction of sp³-hybridized carbons (Fsp3) is 0.421. The maximum Gasteiger partial charge on any atom is 0.422 e. The van der Waals surface area contributed by atoms with Crippen molar-refractivity contribution in [2.24, 2.45) is 5.92 Å². The summed E-state index contributed by atoms with van der Waals surface area (Å²) >= 11 is 0. The topological polar surface area (TPSA) is 67.3 Å². The molecule has 1 aliphatic heterocycles. The van der Waals surface area contributed by atoms with Crippen LogP contribution in [0.2, 0.25) is 0 Å². The van der Waals surface area contributed by atoms with Crippen molar-refractivity contribution in [1.82, 2.24) is 15.3 Å². The highest BCUT2D eigenvalue weighted by molar-refractivity contribution is 5.79. The fourth-order valence-electron chi connectivity index (χ4n) is 3.10. The number of nitrogens with zero attached hydrogens (tertiary/aromatic N) is 3. The number of aromatic nitrogens is 2. The van der Waals surface area contributed by atoms with E-state index >= 15 is 0 Å². The molecule has 2 aromatic rings. The Morgan fingerprint density at radius 3 is 2.93 bits per heavy atom. The molecule has 1 atom stereocenters. The number of hydrogen-bond donors (Lipinski definition) is 1. The largest absolute Gasteiger partial charge is 0.484 e. The number of amides is 1. The number of rotatable bonds is 6. The molecule has 0 radical (unpaired) electrons. The fourth-order valence-corrected chi connectivity index (χ4v) is 3.10. The van der Waals surface area contributed by atoms with E-state index in [4.69, 9.17) is 4.74 Å². The molecule has 150 valence electrons. The second kappa shape index (κ2) is 8.90. The van der Waals surface area contributed by atoms with E-state index in [-0.39, 0.29) is 24.1 Å². The maximum atomic E-state index is 12.5. The molecule has 28 heavy (non-hydrogen) atoms. The van der Waals surface area contributed by atoms with Gasteiger partial charge in [0.15, 0.2) is 6.61 Å². The van der Waals surface area contributed by atoms with Gasteiger partial charge < -0.3 is 15.0 Å². The minimum absolute atomic E-state index is 0.0878. The summed E-state index contributed by atoms with van der Waals surface area (Å²) in [5, 5.41) is 2.86. The lowest BCUT2D eigenvalue weighted by Gasteiger charge is -2.32. The van der Waals surface area contributed by atoms with Crippen LogP contribution in [-0.4, -0.2) is 41.7 Å². The minimum Gasteiger partial charge on any atom is -0.484 e. The van der Waals surface area contributed by atoms with Crippen molar-refractivity contribution in [3.05, 3.63) is 48.4 Å². The van der Waals surface area contributed by atoms with Crippen molar-refractivity contribution in [3.8, 4) is 5.75 Å². The molecule has 0 spiro atoms. The van der Waals surface area contributed by atoms with Gasteiger partial charge in [-0.05, 0) is 30.5 Å². The molecule has 1 aromatic carbocycles. The molecule has 1 fully saturated rings. The van der Waals surface area contributed by atoms with Gasteiger partial charge in [-0.3, -0.25) is 9.78 Å². The third-order valence-corrected chi connectivity index (χ3v) is 4.43. The molecule has 1 amide bonds. The molecule has 1 aromatic heterocycles. The van der Waals surface area contributed by atoms with E-state index in [0.717, 1.165) is 25.2 Å². The Bertz CT molecular complexity index is 786. The van der Waals surface area contributed by atoms with Crippen molar-refractivity contribution in [1.29, 1.82) is 0 Å². The average Bonchev–Trinajstić information content (AvgIpc) is 2.71.